The Morgan fingerprint density at radius 1 is 1.37 bits per heavy atom. The van der Waals surface area contributed by atoms with Crippen LogP contribution in [0.1, 0.15) is 29.8 Å². The van der Waals surface area contributed by atoms with Gasteiger partial charge in [0.1, 0.15) is 11.9 Å². The van der Waals surface area contributed by atoms with E-state index < -0.39 is 5.82 Å². The van der Waals surface area contributed by atoms with Gasteiger partial charge in [-0.05, 0) is 36.8 Å². The third-order valence-electron chi connectivity index (χ3n) is 2.90. The summed E-state index contributed by atoms with van der Waals surface area (Å²) in [5, 5.41) is 12.1. The monoisotopic (exact) mass is 255 g/mol. The number of nitrogens with one attached hydrogen (secondary N) is 1. The fourth-order valence-electron chi connectivity index (χ4n) is 1.78. The van der Waals surface area contributed by atoms with Crippen LogP contribution in [0.3, 0.4) is 0 Å². The van der Waals surface area contributed by atoms with E-state index in [2.05, 4.69) is 10.3 Å². The summed E-state index contributed by atoms with van der Waals surface area (Å²) in [6, 6.07) is 12.2. The van der Waals surface area contributed by atoms with Crippen LogP contribution >= 0.6 is 0 Å². The quantitative estimate of drug-likeness (QED) is 0.913. The predicted octanol–water partition coefficient (Wildman–Crippen LogP) is 2.94. The lowest BCUT2D eigenvalue weighted by Gasteiger charge is -2.13. The van der Waals surface area contributed by atoms with Gasteiger partial charge in [0.15, 0.2) is 0 Å². The maximum Gasteiger partial charge on any atom is 0.140 e. The molecule has 1 atom stereocenters. The molecular weight excluding hydrogens is 241 g/mol. The van der Waals surface area contributed by atoms with E-state index in [1.165, 1.54) is 6.07 Å². The summed E-state index contributed by atoms with van der Waals surface area (Å²) < 4.78 is 13.2. The Morgan fingerprint density at radius 3 is 2.89 bits per heavy atom. The second-order valence-electron chi connectivity index (χ2n) is 4.28. The Labute approximate surface area is 111 Å². The largest absolute Gasteiger partial charge is 0.305 e. The first-order valence-corrected chi connectivity index (χ1v) is 6.03. The zero-order valence-electron chi connectivity index (χ0n) is 10.6. The molecule has 0 aliphatic carbocycles. The van der Waals surface area contributed by atoms with Gasteiger partial charge < -0.3 is 5.32 Å². The van der Waals surface area contributed by atoms with Crippen molar-refractivity contribution in [2.24, 2.45) is 0 Å². The lowest BCUT2D eigenvalue weighted by atomic mass is 10.1. The number of rotatable bonds is 4. The maximum absolute atomic E-state index is 13.2. The molecule has 0 saturated carbocycles. The molecule has 0 bridgehead atoms. The molecule has 96 valence electrons. The first-order valence-electron chi connectivity index (χ1n) is 6.03. The molecule has 0 unspecified atom stereocenters. The first kappa shape index (κ1) is 13.2. The normalized spacial score (nSPS) is 11.8. The molecule has 3 nitrogen and oxygen atoms in total. The van der Waals surface area contributed by atoms with E-state index >= 15 is 0 Å². The summed E-state index contributed by atoms with van der Waals surface area (Å²) >= 11 is 0. The summed E-state index contributed by atoms with van der Waals surface area (Å²) in [4.78, 5) is 4.26. The van der Waals surface area contributed by atoms with Crippen molar-refractivity contribution < 1.29 is 4.39 Å². The predicted molar refractivity (Wildman–Crippen MR) is 70.6 cm³/mol. The number of hydrogen-bond donors (Lipinski definition) is 1. The highest BCUT2D eigenvalue weighted by molar-refractivity contribution is 5.34. The van der Waals surface area contributed by atoms with Crippen LogP contribution in [0.15, 0.2) is 42.6 Å². The lowest BCUT2D eigenvalue weighted by Crippen LogP contribution is -2.19. The summed E-state index contributed by atoms with van der Waals surface area (Å²) in [7, 11) is 0. The molecule has 0 aliphatic heterocycles. The van der Waals surface area contributed by atoms with Crippen molar-refractivity contribution >= 4 is 0 Å². The van der Waals surface area contributed by atoms with Crippen LogP contribution in [0.25, 0.3) is 0 Å². The molecule has 1 aromatic heterocycles. The molecule has 0 spiro atoms. The van der Waals surface area contributed by atoms with Crippen molar-refractivity contribution in [3.63, 3.8) is 0 Å². The molecule has 2 rings (SSSR count). The van der Waals surface area contributed by atoms with Crippen LogP contribution in [0, 0.1) is 17.1 Å². The van der Waals surface area contributed by atoms with Gasteiger partial charge in [-0.2, -0.15) is 5.26 Å². The topological polar surface area (TPSA) is 48.7 Å². The van der Waals surface area contributed by atoms with E-state index in [1.54, 1.807) is 18.3 Å². The zero-order valence-corrected chi connectivity index (χ0v) is 10.6. The maximum atomic E-state index is 13.2. The van der Waals surface area contributed by atoms with Crippen molar-refractivity contribution in [3.05, 3.63) is 65.2 Å². The van der Waals surface area contributed by atoms with E-state index in [9.17, 15) is 4.39 Å². The van der Waals surface area contributed by atoms with Crippen LogP contribution in [-0.2, 0) is 6.54 Å². The molecule has 1 heterocycles. The van der Waals surface area contributed by atoms with Crippen molar-refractivity contribution in [2.75, 3.05) is 0 Å². The Morgan fingerprint density at radius 2 is 2.21 bits per heavy atom. The minimum absolute atomic E-state index is 0.0739. The highest BCUT2D eigenvalue weighted by Gasteiger charge is 2.07. The fraction of sp³-hybridized carbons (Fsp3) is 0.200. The number of aromatic nitrogens is 1. The average molecular weight is 255 g/mol. The average Bonchev–Trinajstić information content (AvgIpc) is 2.47. The Bertz CT molecular complexity index is 590. The summed E-state index contributed by atoms with van der Waals surface area (Å²) in [6.07, 6.45) is 1.75. The summed E-state index contributed by atoms with van der Waals surface area (Å²) in [6.45, 7) is 2.57. The number of benzene rings is 1. The van der Waals surface area contributed by atoms with Gasteiger partial charge >= 0.3 is 0 Å². The molecular formula is C15H14FN3. The van der Waals surface area contributed by atoms with Gasteiger partial charge in [0, 0.05) is 18.8 Å². The highest BCUT2D eigenvalue weighted by Crippen LogP contribution is 2.12. The fourth-order valence-corrected chi connectivity index (χ4v) is 1.78. The number of halogens is 1. The third-order valence-corrected chi connectivity index (χ3v) is 2.90. The number of nitrogens with zero attached hydrogens (tertiary/aromatic N) is 2. The van der Waals surface area contributed by atoms with Crippen molar-refractivity contribution in [1.29, 1.82) is 5.26 Å². The minimum Gasteiger partial charge on any atom is -0.305 e. The molecule has 4 heteroatoms. The standard InChI is InChI=1S/C15H14FN3/c1-11(15-4-2-3-7-18-15)19-10-12-5-6-14(16)13(8-12)9-17/h2-8,11,19H,10H2,1H3/t11-/m0/s1. The van der Waals surface area contributed by atoms with Gasteiger partial charge in [-0.1, -0.05) is 12.1 Å². The molecule has 1 aromatic carbocycles. The van der Waals surface area contributed by atoms with Crippen molar-refractivity contribution in [2.45, 2.75) is 19.5 Å². The summed E-state index contributed by atoms with van der Waals surface area (Å²) in [5.41, 5.74) is 1.90. The molecule has 0 amide bonds. The van der Waals surface area contributed by atoms with Crippen molar-refractivity contribution in [1.82, 2.24) is 10.3 Å². The number of nitriles is 1. The smallest absolute Gasteiger partial charge is 0.140 e. The third kappa shape index (κ3) is 3.36. The molecule has 2 aromatic rings. The second-order valence-corrected chi connectivity index (χ2v) is 4.28. The Balaban J connectivity index is 2.01. The molecule has 0 saturated heterocycles. The van der Waals surface area contributed by atoms with E-state index in [4.69, 9.17) is 5.26 Å². The van der Waals surface area contributed by atoms with Gasteiger partial charge in [0.05, 0.1) is 11.3 Å². The minimum atomic E-state index is -0.482. The Hall–Kier alpha value is -2.25. The SMILES string of the molecule is C[C@H](NCc1ccc(F)c(C#N)c1)c1ccccn1. The zero-order chi connectivity index (χ0) is 13.7. The van der Waals surface area contributed by atoms with E-state index in [-0.39, 0.29) is 11.6 Å². The number of pyridine rings is 1. The van der Waals surface area contributed by atoms with E-state index in [0.717, 1.165) is 11.3 Å². The Kier molecular flexibility index (Phi) is 4.22. The van der Waals surface area contributed by atoms with Crippen molar-refractivity contribution in [3.8, 4) is 6.07 Å². The van der Waals surface area contributed by atoms with Crippen LogP contribution < -0.4 is 5.32 Å². The van der Waals surface area contributed by atoms with Crippen LogP contribution in [-0.4, -0.2) is 4.98 Å². The van der Waals surface area contributed by atoms with Gasteiger partial charge in [-0.15, -0.1) is 0 Å². The van der Waals surface area contributed by atoms with E-state index in [0.29, 0.717) is 6.54 Å². The van der Waals surface area contributed by atoms with E-state index in [1.807, 2.05) is 31.2 Å². The van der Waals surface area contributed by atoms with Gasteiger partial charge in [-0.3, -0.25) is 4.98 Å². The molecule has 0 aliphatic rings. The van der Waals surface area contributed by atoms with Crippen LogP contribution in [0.4, 0.5) is 4.39 Å². The van der Waals surface area contributed by atoms with Gasteiger partial charge in [-0.25, -0.2) is 4.39 Å². The molecule has 19 heavy (non-hydrogen) atoms. The molecule has 0 radical (unpaired) electrons. The van der Waals surface area contributed by atoms with Crippen LogP contribution in [0.2, 0.25) is 0 Å². The van der Waals surface area contributed by atoms with Gasteiger partial charge in [0.2, 0.25) is 0 Å². The number of hydrogen-bond acceptors (Lipinski definition) is 3. The molecule has 0 fully saturated rings. The van der Waals surface area contributed by atoms with Gasteiger partial charge in [0.25, 0.3) is 0 Å². The summed E-state index contributed by atoms with van der Waals surface area (Å²) in [5.74, 6) is -0.482. The first-order chi connectivity index (χ1) is 9.20. The second kappa shape index (κ2) is 6.07. The lowest BCUT2D eigenvalue weighted by molar-refractivity contribution is 0.560. The molecule has 1 N–H and O–H groups in total. The highest BCUT2D eigenvalue weighted by atomic mass is 19.1. The van der Waals surface area contributed by atoms with Crippen LogP contribution in [0.5, 0.6) is 0 Å².